The van der Waals surface area contributed by atoms with Crippen LogP contribution in [0.2, 0.25) is 0 Å². The number of benzene rings is 1. The first kappa shape index (κ1) is 14.8. The lowest BCUT2D eigenvalue weighted by molar-refractivity contribution is 0.305. The van der Waals surface area contributed by atoms with Crippen LogP contribution in [0.4, 0.5) is 0 Å². The average molecular weight is 285 g/mol. The third-order valence-corrected chi connectivity index (χ3v) is 3.12. The molecule has 5 heteroatoms. The number of hydrogen-bond acceptors (Lipinski definition) is 4. The van der Waals surface area contributed by atoms with Crippen molar-refractivity contribution in [3.05, 3.63) is 59.4 Å². The lowest BCUT2D eigenvalue weighted by atomic mass is 10.0. The average Bonchev–Trinajstić information content (AvgIpc) is 2.52. The Hall–Kier alpha value is -2.56. The molecule has 110 valence electrons. The van der Waals surface area contributed by atoms with E-state index in [0.29, 0.717) is 18.2 Å². The Bertz CT molecular complexity index is 639. The number of amidine groups is 1. The number of ether oxygens (including phenoxy) is 1. The van der Waals surface area contributed by atoms with Crippen LogP contribution >= 0.6 is 0 Å². The molecular weight excluding hydrogens is 266 g/mol. The van der Waals surface area contributed by atoms with Crippen LogP contribution < -0.4 is 10.5 Å². The van der Waals surface area contributed by atoms with Gasteiger partial charge in [-0.1, -0.05) is 31.1 Å². The van der Waals surface area contributed by atoms with Crippen molar-refractivity contribution < 1.29 is 9.94 Å². The highest BCUT2D eigenvalue weighted by Crippen LogP contribution is 2.21. The predicted molar refractivity (Wildman–Crippen MR) is 81.6 cm³/mol. The van der Waals surface area contributed by atoms with E-state index in [1.807, 2.05) is 24.3 Å². The smallest absolute Gasteiger partial charge is 0.188 e. The lowest BCUT2D eigenvalue weighted by Gasteiger charge is -2.10. The molecule has 0 aliphatic carbocycles. The van der Waals surface area contributed by atoms with Gasteiger partial charge in [-0.15, -0.1) is 0 Å². The maximum Gasteiger partial charge on any atom is 0.188 e. The van der Waals surface area contributed by atoms with E-state index in [4.69, 9.17) is 15.7 Å². The molecule has 2 rings (SSSR count). The van der Waals surface area contributed by atoms with Crippen LogP contribution in [0.3, 0.4) is 0 Å². The second-order valence-corrected chi connectivity index (χ2v) is 5.05. The van der Waals surface area contributed by atoms with E-state index in [1.165, 1.54) is 5.56 Å². The number of rotatable bonds is 5. The standard InChI is InChI=1S/C16H19N3O2/c1-11(2)13-4-3-5-14(9-13)21-10-12-6-7-18-15(8-12)16(17)19-20/h3-9,11,20H,10H2,1-2H3,(H2,17,19). The fourth-order valence-corrected chi connectivity index (χ4v) is 1.89. The van der Waals surface area contributed by atoms with Crippen molar-refractivity contribution in [2.75, 3.05) is 0 Å². The molecule has 0 fully saturated rings. The minimum absolute atomic E-state index is 0.0151. The largest absolute Gasteiger partial charge is 0.489 e. The Kier molecular flexibility index (Phi) is 4.77. The second kappa shape index (κ2) is 6.74. The zero-order valence-electron chi connectivity index (χ0n) is 12.2. The molecule has 1 heterocycles. The monoisotopic (exact) mass is 285 g/mol. The quantitative estimate of drug-likeness (QED) is 0.383. The number of aromatic nitrogens is 1. The van der Waals surface area contributed by atoms with Gasteiger partial charge in [0.15, 0.2) is 5.84 Å². The van der Waals surface area contributed by atoms with Crippen molar-refractivity contribution in [1.29, 1.82) is 0 Å². The van der Waals surface area contributed by atoms with Gasteiger partial charge in [-0.3, -0.25) is 4.98 Å². The third kappa shape index (κ3) is 3.95. The Balaban J connectivity index is 2.08. The number of pyridine rings is 1. The molecule has 0 unspecified atom stereocenters. The Morgan fingerprint density at radius 1 is 1.33 bits per heavy atom. The highest BCUT2D eigenvalue weighted by atomic mass is 16.5. The van der Waals surface area contributed by atoms with Crippen LogP contribution in [0.25, 0.3) is 0 Å². The van der Waals surface area contributed by atoms with E-state index in [9.17, 15) is 0 Å². The molecule has 0 saturated carbocycles. The highest BCUT2D eigenvalue weighted by Gasteiger charge is 2.04. The highest BCUT2D eigenvalue weighted by molar-refractivity contribution is 5.95. The number of nitrogens with zero attached hydrogens (tertiary/aromatic N) is 2. The first-order valence-electron chi connectivity index (χ1n) is 6.75. The van der Waals surface area contributed by atoms with E-state index in [1.54, 1.807) is 12.3 Å². The topological polar surface area (TPSA) is 80.7 Å². The normalized spacial score (nSPS) is 11.7. The first-order chi connectivity index (χ1) is 10.1. The zero-order chi connectivity index (χ0) is 15.2. The van der Waals surface area contributed by atoms with Crippen molar-refractivity contribution in [1.82, 2.24) is 4.98 Å². The predicted octanol–water partition coefficient (Wildman–Crippen LogP) is 2.88. The molecule has 0 spiro atoms. The fourth-order valence-electron chi connectivity index (χ4n) is 1.89. The molecule has 21 heavy (non-hydrogen) atoms. The SMILES string of the molecule is CC(C)c1cccc(OCc2ccnc(C(N)=NO)c2)c1. The van der Waals surface area contributed by atoms with Crippen molar-refractivity contribution >= 4 is 5.84 Å². The second-order valence-electron chi connectivity index (χ2n) is 5.05. The van der Waals surface area contributed by atoms with E-state index in [2.05, 4.69) is 30.1 Å². The van der Waals surface area contributed by atoms with Crippen molar-refractivity contribution in [2.45, 2.75) is 26.4 Å². The maximum absolute atomic E-state index is 8.66. The van der Waals surface area contributed by atoms with E-state index >= 15 is 0 Å². The summed E-state index contributed by atoms with van der Waals surface area (Å²) in [5.41, 5.74) is 8.09. The van der Waals surface area contributed by atoms with Gasteiger partial charge in [0.25, 0.3) is 0 Å². The molecule has 1 aromatic heterocycles. The molecule has 0 bridgehead atoms. The summed E-state index contributed by atoms with van der Waals surface area (Å²) in [5.74, 6) is 1.27. The zero-order valence-corrected chi connectivity index (χ0v) is 12.2. The Morgan fingerprint density at radius 3 is 2.86 bits per heavy atom. The fraction of sp³-hybridized carbons (Fsp3) is 0.250. The molecule has 0 amide bonds. The summed E-state index contributed by atoms with van der Waals surface area (Å²) in [6.45, 7) is 4.69. The van der Waals surface area contributed by atoms with Gasteiger partial charge >= 0.3 is 0 Å². The van der Waals surface area contributed by atoms with E-state index in [-0.39, 0.29) is 5.84 Å². The molecule has 0 aliphatic rings. The summed E-state index contributed by atoms with van der Waals surface area (Å²) < 4.78 is 5.78. The summed E-state index contributed by atoms with van der Waals surface area (Å²) >= 11 is 0. The van der Waals surface area contributed by atoms with Crippen molar-refractivity contribution in [3.63, 3.8) is 0 Å². The summed E-state index contributed by atoms with van der Waals surface area (Å²) in [6, 6.07) is 11.6. The van der Waals surface area contributed by atoms with Gasteiger partial charge in [-0.25, -0.2) is 0 Å². The van der Waals surface area contributed by atoms with Crippen LogP contribution in [0, 0.1) is 0 Å². The molecule has 0 atom stereocenters. The third-order valence-electron chi connectivity index (χ3n) is 3.12. The van der Waals surface area contributed by atoms with E-state index in [0.717, 1.165) is 11.3 Å². The molecule has 0 aliphatic heterocycles. The van der Waals surface area contributed by atoms with Gasteiger partial charge in [-0.05, 0) is 41.3 Å². The molecule has 0 saturated heterocycles. The Labute approximate surface area is 124 Å². The van der Waals surface area contributed by atoms with Crippen LogP contribution in [0.1, 0.15) is 36.6 Å². The van der Waals surface area contributed by atoms with Gasteiger partial charge in [0.1, 0.15) is 18.1 Å². The van der Waals surface area contributed by atoms with E-state index < -0.39 is 0 Å². The number of hydrogen-bond donors (Lipinski definition) is 2. The lowest BCUT2D eigenvalue weighted by Crippen LogP contribution is -2.15. The van der Waals surface area contributed by atoms with Crippen molar-refractivity contribution in [2.24, 2.45) is 10.9 Å². The van der Waals surface area contributed by atoms with Crippen LogP contribution in [0.5, 0.6) is 5.75 Å². The summed E-state index contributed by atoms with van der Waals surface area (Å²) in [7, 11) is 0. The summed E-state index contributed by atoms with van der Waals surface area (Å²) in [5, 5.41) is 11.6. The molecule has 1 aromatic carbocycles. The first-order valence-corrected chi connectivity index (χ1v) is 6.75. The molecular formula is C16H19N3O2. The van der Waals surface area contributed by atoms with Gasteiger partial charge in [0.2, 0.25) is 0 Å². The van der Waals surface area contributed by atoms with Gasteiger partial charge in [-0.2, -0.15) is 0 Å². The van der Waals surface area contributed by atoms with Gasteiger partial charge < -0.3 is 15.7 Å². The maximum atomic E-state index is 8.66. The van der Waals surface area contributed by atoms with Crippen LogP contribution in [0.15, 0.2) is 47.8 Å². The minimum atomic E-state index is -0.0151. The van der Waals surface area contributed by atoms with Gasteiger partial charge in [0.05, 0.1) is 0 Å². The molecule has 2 aromatic rings. The number of oxime groups is 1. The van der Waals surface area contributed by atoms with Crippen LogP contribution in [-0.2, 0) is 6.61 Å². The number of nitrogens with two attached hydrogens (primary N) is 1. The summed E-state index contributed by atoms with van der Waals surface area (Å²) in [4.78, 5) is 4.03. The summed E-state index contributed by atoms with van der Waals surface area (Å²) in [6.07, 6.45) is 1.61. The van der Waals surface area contributed by atoms with Gasteiger partial charge in [0, 0.05) is 6.20 Å². The van der Waals surface area contributed by atoms with Crippen molar-refractivity contribution in [3.8, 4) is 5.75 Å². The van der Waals surface area contributed by atoms with Crippen LogP contribution in [-0.4, -0.2) is 16.0 Å². The minimum Gasteiger partial charge on any atom is -0.489 e. The Morgan fingerprint density at radius 2 is 2.14 bits per heavy atom. The molecule has 0 radical (unpaired) electrons. The molecule has 5 nitrogen and oxygen atoms in total. The molecule has 3 N–H and O–H groups in total.